The molecule has 0 aromatic rings. The molecule has 72 valence electrons. The Kier molecular flexibility index (Phi) is 4.21. The molecular weight excluding hydrogens is 157 g/mol. The molecule has 2 atom stereocenters. The van der Waals surface area contributed by atoms with Gasteiger partial charge >= 0.3 is 0 Å². The zero-order valence-corrected chi connectivity index (χ0v) is 8.06. The van der Waals surface area contributed by atoms with Crippen LogP contribution in [0.25, 0.3) is 0 Å². The summed E-state index contributed by atoms with van der Waals surface area (Å²) in [5, 5.41) is 0. The Morgan fingerprint density at radius 3 is 2.33 bits per heavy atom. The Balaban J connectivity index is 4.39. The number of carbonyl (C=O) groups is 1. The summed E-state index contributed by atoms with van der Waals surface area (Å²) in [6, 6.07) is 0. The summed E-state index contributed by atoms with van der Waals surface area (Å²) in [6.07, 6.45) is 1.75. The van der Waals surface area contributed by atoms with E-state index in [1.54, 1.807) is 13.8 Å². The van der Waals surface area contributed by atoms with Crippen LogP contribution in [0.15, 0.2) is 0 Å². The van der Waals surface area contributed by atoms with Crippen molar-refractivity contribution in [2.45, 2.75) is 45.7 Å². The molecule has 0 heterocycles. The molecule has 2 nitrogen and oxygen atoms in total. The van der Waals surface area contributed by atoms with E-state index in [-0.39, 0.29) is 12.3 Å². The van der Waals surface area contributed by atoms with Crippen LogP contribution in [0, 0.1) is 5.92 Å². The molecule has 0 aromatic carbocycles. The van der Waals surface area contributed by atoms with E-state index in [0.29, 0.717) is 6.42 Å². The quantitative estimate of drug-likeness (QED) is 0.682. The number of rotatable bonds is 5. The second-order valence-corrected chi connectivity index (χ2v) is 3.27. The van der Waals surface area contributed by atoms with Crippen molar-refractivity contribution in [1.29, 1.82) is 0 Å². The first-order valence-corrected chi connectivity index (χ1v) is 4.47. The van der Waals surface area contributed by atoms with Crippen molar-refractivity contribution in [3.8, 4) is 0 Å². The van der Waals surface area contributed by atoms with E-state index in [2.05, 4.69) is 0 Å². The Bertz CT molecular complexity index is 161. The first kappa shape index (κ1) is 11.4. The van der Waals surface area contributed by atoms with Crippen molar-refractivity contribution in [1.82, 2.24) is 0 Å². The molecule has 0 aliphatic heterocycles. The summed E-state index contributed by atoms with van der Waals surface area (Å²) in [5.74, 6) is -1.10. The van der Waals surface area contributed by atoms with Crippen LogP contribution in [-0.4, -0.2) is 11.6 Å². The zero-order valence-electron chi connectivity index (χ0n) is 8.06. The average Bonchev–Trinajstić information content (AvgIpc) is 2.03. The third-order valence-corrected chi connectivity index (χ3v) is 2.43. The molecule has 0 bridgehead atoms. The fourth-order valence-corrected chi connectivity index (χ4v) is 1.43. The topological polar surface area (TPSA) is 43.1 Å². The highest BCUT2D eigenvalue weighted by Crippen LogP contribution is 2.29. The minimum Gasteiger partial charge on any atom is -0.367 e. The summed E-state index contributed by atoms with van der Waals surface area (Å²) in [7, 11) is 0. The smallest absolute Gasteiger partial charge is 0.255 e. The monoisotopic (exact) mass is 175 g/mol. The lowest BCUT2D eigenvalue weighted by molar-refractivity contribution is -0.133. The van der Waals surface area contributed by atoms with Gasteiger partial charge in [0.05, 0.1) is 0 Å². The van der Waals surface area contributed by atoms with E-state index in [4.69, 9.17) is 5.73 Å². The van der Waals surface area contributed by atoms with Crippen molar-refractivity contribution < 1.29 is 9.18 Å². The van der Waals surface area contributed by atoms with Gasteiger partial charge in [0.2, 0.25) is 0 Å². The van der Waals surface area contributed by atoms with Crippen molar-refractivity contribution in [3.63, 3.8) is 0 Å². The van der Waals surface area contributed by atoms with Crippen LogP contribution in [0.2, 0.25) is 0 Å². The highest BCUT2D eigenvalue weighted by Gasteiger charge is 2.39. The highest BCUT2D eigenvalue weighted by molar-refractivity contribution is 5.83. The summed E-state index contributed by atoms with van der Waals surface area (Å²) >= 11 is 0. The summed E-state index contributed by atoms with van der Waals surface area (Å²) in [4.78, 5) is 10.8. The molecule has 12 heavy (non-hydrogen) atoms. The molecule has 2 N–H and O–H groups in total. The molecule has 0 rings (SSSR count). The van der Waals surface area contributed by atoms with Crippen LogP contribution < -0.4 is 5.73 Å². The van der Waals surface area contributed by atoms with E-state index < -0.39 is 11.6 Å². The Labute approximate surface area is 73.3 Å². The predicted octanol–water partition coefficient (Wildman–Crippen LogP) is 2.03. The van der Waals surface area contributed by atoms with Gasteiger partial charge < -0.3 is 5.73 Å². The van der Waals surface area contributed by atoms with Gasteiger partial charge in [0, 0.05) is 0 Å². The maximum atomic E-state index is 13.7. The molecular formula is C9H18FNO. The number of halogens is 1. The van der Waals surface area contributed by atoms with Gasteiger partial charge in [-0.05, 0) is 18.8 Å². The number of nitrogens with two attached hydrogens (primary N) is 1. The molecule has 3 heteroatoms. The van der Waals surface area contributed by atoms with E-state index in [0.717, 1.165) is 6.42 Å². The lowest BCUT2D eigenvalue weighted by Gasteiger charge is -2.26. The summed E-state index contributed by atoms with van der Waals surface area (Å²) in [5.41, 5.74) is 3.19. The van der Waals surface area contributed by atoms with Crippen molar-refractivity contribution >= 4 is 5.91 Å². The fraction of sp³-hybridized carbons (Fsp3) is 0.889. The van der Waals surface area contributed by atoms with Crippen LogP contribution in [0.1, 0.15) is 40.0 Å². The van der Waals surface area contributed by atoms with Crippen LogP contribution in [-0.2, 0) is 4.79 Å². The second kappa shape index (κ2) is 4.43. The number of amides is 1. The van der Waals surface area contributed by atoms with Gasteiger partial charge in [-0.3, -0.25) is 4.79 Å². The third kappa shape index (κ3) is 2.19. The average molecular weight is 175 g/mol. The molecule has 0 radical (unpaired) electrons. The minimum atomic E-state index is -1.81. The first-order chi connectivity index (χ1) is 5.49. The van der Waals surface area contributed by atoms with Crippen LogP contribution in [0.3, 0.4) is 0 Å². The molecule has 0 saturated carbocycles. The summed E-state index contributed by atoms with van der Waals surface area (Å²) in [6.45, 7) is 5.35. The van der Waals surface area contributed by atoms with E-state index >= 15 is 0 Å². The standard InChI is InChI=1S/C9H18FNO/c1-4-6-7(3)9(10,5-2)8(11)12/h7H,4-6H2,1-3H3,(H2,11,12). The molecule has 2 unspecified atom stereocenters. The Hall–Kier alpha value is -0.600. The fourth-order valence-electron chi connectivity index (χ4n) is 1.43. The molecule has 0 spiro atoms. The number of hydrogen-bond donors (Lipinski definition) is 1. The van der Waals surface area contributed by atoms with E-state index in [1.165, 1.54) is 0 Å². The van der Waals surface area contributed by atoms with Crippen LogP contribution in [0.5, 0.6) is 0 Å². The third-order valence-electron chi connectivity index (χ3n) is 2.43. The maximum Gasteiger partial charge on any atom is 0.255 e. The molecule has 0 aliphatic rings. The van der Waals surface area contributed by atoms with Crippen molar-refractivity contribution in [3.05, 3.63) is 0 Å². The van der Waals surface area contributed by atoms with E-state index in [9.17, 15) is 9.18 Å². The van der Waals surface area contributed by atoms with Gasteiger partial charge in [-0.1, -0.05) is 27.2 Å². The van der Waals surface area contributed by atoms with Crippen molar-refractivity contribution in [2.75, 3.05) is 0 Å². The minimum absolute atomic E-state index is 0.170. The molecule has 0 fully saturated rings. The van der Waals surface area contributed by atoms with Crippen LogP contribution >= 0.6 is 0 Å². The number of hydrogen-bond acceptors (Lipinski definition) is 1. The first-order valence-electron chi connectivity index (χ1n) is 4.47. The maximum absolute atomic E-state index is 13.7. The van der Waals surface area contributed by atoms with Gasteiger partial charge in [-0.2, -0.15) is 0 Å². The lowest BCUT2D eigenvalue weighted by Crippen LogP contribution is -2.44. The molecule has 0 aromatic heterocycles. The van der Waals surface area contributed by atoms with E-state index in [1.807, 2.05) is 6.92 Å². The second-order valence-electron chi connectivity index (χ2n) is 3.27. The predicted molar refractivity (Wildman–Crippen MR) is 47.4 cm³/mol. The van der Waals surface area contributed by atoms with Crippen molar-refractivity contribution in [2.24, 2.45) is 11.7 Å². The highest BCUT2D eigenvalue weighted by atomic mass is 19.1. The lowest BCUT2D eigenvalue weighted by atomic mass is 9.84. The SMILES string of the molecule is CCCC(C)C(F)(CC)C(N)=O. The van der Waals surface area contributed by atoms with Crippen LogP contribution in [0.4, 0.5) is 4.39 Å². The number of alkyl halides is 1. The van der Waals surface area contributed by atoms with Gasteiger partial charge in [0.1, 0.15) is 0 Å². The Morgan fingerprint density at radius 1 is 1.58 bits per heavy atom. The number of carbonyl (C=O) groups excluding carboxylic acids is 1. The van der Waals surface area contributed by atoms with Gasteiger partial charge in [-0.15, -0.1) is 0 Å². The number of primary amides is 1. The normalized spacial score (nSPS) is 18.3. The van der Waals surface area contributed by atoms with Gasteiger partial charge in [-0.25, -0.2) is 4.39 Å². The van der Waals surface area contributed by atoms with Gasteiger partial charge in [0.25, 0.3) is 5.91 Å². The largest absolute Gasteiger partial charge is 0.367 e. The molecule has 0 saturated heterocycles. The van der Waals surface area contributed by atoms with Gasteiger partial charge in [0.15, 0.2) is 5.67 Å². The molecule has 0 aliphatic carbocycles. The Morgan fingerprint density at radius 2 is 2.08 bits per heavy atom. The zero-order chi connectivity index (χ0) is 9.78. The molecule has 1 amide bonds. The summed E-state index contributed by atoms with van der Waals surface area (Å²) < 4.78 is 13.7.